The van der Waals surface area contributed by atoms with Gasteiger partial charge in [0.25, 0.3) is 0 Å². The molecule has 2 amide bonds. The number of amides is 2. The first-order valence-corrected chi connectivity index (χ1v) is 9.33. The van der Waals surface area contributed by atoms with Gasteiger partial charge in [-0.3, -0.25) is 0 Å². The highest BCUT2D eigenvalue weighted by atomic mass is 35.5. The number of alkyl halides is 3. The average Bonchev–Trinajstić information content (AvgIpc) is 2.92. The second kappa shape index (κ2) is 7.16. The van der Waals surface area contributed by atoms with Crippen LogP contribution in [0.1, 0.15) is 18.4 Å². The maximum atomic E-state index is 12.8. The van der Waals surface area contributed by atoms with Crippen molar-refractivity contribution in [3.63, 3.8) is 0 Å². The molecule has 148 valence electrons. The molecule has 2 aliphatic rings. The summed E-state index contributed by atoms with van der Waals surface area (Å²) in [5.41, 5.74) is -0.404. The van der Waals surface area contributed by atoms with Gasteiger partial charge in [-0.2, -0.15) is 13.2 Å². The summed E-state index contributed by atoms with van der Waals surface area (Å²) in [5, 5.41) is 3.29. The predicted molar refractivity (Wildman–Crippen MR) is 101 cm³/mol. The first-order valence-electron chi connectivity index (χ1n) is 8.95. The third-order valence-electron chi connectivity index (χ3n) is 5.22. The van der Waals surface area contributed by atoms with Gasteiger partial charge in [0.2, 0.25) is 0 Å². The summed E-state index contributed by atoms with van der Waals surface area (Å²) >= 11 is 6.25. The molecule has 2 aliphatic heterocycles. The molecule has 3 heterocycles. The number of nitrogens with zero attached hydrogens (tertiary/aromatic N) is 3. The summed E-state index contributed by atoms with van der Waals surface area (Å²) in [6.07, 6.45) is -0.977. The van der Waals surface area contributed by atoms with E-state index in [4.69, 9.17) is 11.6 Å². The summed E-state index contributed by atoms with van der Waals surface area (Å²) in [6.45, 7) is 1.24. The van der Waals surface area contributed by atoms with Crippen LogP contribution in [0.25, 0.3) is 0 Å². The average molecular weight is 411 g/mol. The number of nitrogens with one attached hydrogen (secondary N) is 1. The van der Waals surface area contributed by atoms with Gasteiger partial charge >= 0.3 is 12.2 Å². The molecule has 4 rings (SSSR count). The number of halogens is 4. The van der Waals surface area contributed by atoms with Gasteiger partial charge in [0, 0.05) is 25.0 Å². The minimum Gasteiger partial charge on any atom is -0.351 e. The van der Waals surface area contributed by atoms with Gasteiger partial charge in [-0.05, 0) is 49.2 Å². The van der Waals surface area contributed by atoms with Crippen LogP contribution in [0.3, 0.4) is 0 Å². The molecule has 0 spiro atoms. The number of carbonyl (C=O) groups excluding carboxylic acids is 1. The summed E-state index contributed by atoms with van der Waals surface area (Å²) in [6, 6.07) is 7.75. The lowest BCUT2D eigenvalue weighted by Gasteiger charge is -2.41. The molecule has 0 aliphatic carbocycles. The lowest BCUT2D eigenvalue weighted by molar-refractivity contribution is -0.137. The van der Waals surface area contributed by atoms with Crippen LogP contribution in [0.4, 0.5) is 29.5 Å². The van der Waals surface area contributed by atoms with Crippen molar-refractivity contribution in [3.05, 3.63) is 53.2 Å². The summed E-state index contributed by atoms with van der Waals surface area (Å²) < 4.78 is 38.0. The number of anilines is 2. The van der Waals surface area contributed by atoms with E-state index in [1.807, 2.05) is 0 Å². The fourth-order valence-electron chi connectivity index (χ4n) is 3.95. The van der Waals surface area contributed by atoms with Crippen molar-refractivity contribution in [1.29, 1.82) is 0 Å². The summed E-state index contributed by atoms with van der Waals surface area (Å²) in [7, 11) is 0. The Morgan fingerprint density at radius 2 is 1.75 bits per heavy atom. The molecule has 28 heavy (non-hydrogen) atoms. The van der Waals surface area contributed by atoms with Gasteiger partial charge in [-0.25, -0.2) is 9.78 Å². The van der Waals surface area contributed by atoms with Crippen molar-refractivity contribution in [2.45, 2.75) is 31.1 Å². The predicted octanol–water partition coefficient (Wildman–Crippen LogP) is 4.64. The third kappa shape index (κ3) is 3.61. The Morgan fingerprint density at radius 3 is 2.32 bits per heavy atom. The van der Waals surface area contributed by atoms with Gasteiger partial charge in [-0.1, -0.05) is 11.6 Å². The number of hydrogen-bond donors (Lipinski definition) is 1. The Kier molecular flexibility index (Phi) is 4.82. The number of benzene rings is 1. The molecule has 2 bridgehead atoms. The molecule has 5 nitrogen and oxygen atoms in total. The molecule has 9 heteroatoms. The van der Waals surface area contributed by atoms with Gasteiger partial charge in [-0.15, -0.1) is 0 Å². The normalized spacial score (nSPS) is 21.7. The zero-order chi connectivity index (χ0) is 19.9. The topological polar surface area (TPSA) is 48.5 Å². The zero-order valence-electron chi connectivity index (χ0n) is 14.8. The second-order valence-corrected chi connectivity index (χ2v) is 7.42. The van der Waals surface area contributed by atoms with Crippen molar-refractivity contribution < 1.29 is 18.0 Å². The van der Waals surface area contributed by atoms with E-state index in [9.17, 15) is 18.0 Å². The zero-order valence-corrected chi connectivity index (χ0v) is 15.5. The number of pyridine rings is 1. The van der Waals surface area contributed by atoms with Crippen LogP contribution < -0.4 is 10.2 Å². The molecule has 1 aromatic heterocycles. The number of fused-ring (bicyclic) bond motifs is 2. The number of carbonyl (C=O) groups is 1. The highest BCUT2D eigenvalue weighted by Gasteiger charge is 2.43. The molecule has 2 atom stereocenters. The van der Waals surface area contributed by atoms with E-state index in [-0.39, 0.29) is 18.1 Å². The van der Waals surface area contributed by atoms with Crippen LogP contribution >= 0.6 is 11.6 Å². The molecule has 0 radical (unpaired) electrons. The lowest BCUT2D eigenvalue weighted by Crippen LogP contribution is -2.57. The third-order valence-corrected chi connectivity index (χ3v) is 5.51. The first-order chi connectivity index (χ1) is 13.3. The molecular formula is C19H18ClF3N4O. The first kappa shape index (κ1) is 18.9. The molecule has 1 N–H and O–H groups in total. The Labute approximate surface area is 165 Å². The standard InChI is InChI=1S/C19H18ClF3N4O/c20-16-2-1-9-24-17(16)26-10-14-7-8-15(11-26)27(14)18(28)25-13-5-3-12(4-6-13)19(21,22)23/h1-6,9,14-15H,7-8,10-11H2,(H,25,28). The lowest BCUT2D eigenvalue weighted by atomic mass is 10.2. The maximum absolute atomic E-state index is 12.8. The monoisotopic (exact) mass is 410 g/mol. The highest BCUT2D eigenvalue weighted by molar-refractivity contribution is 6.32. The van der Waals surface area contributed by atoms with Crippen molar-refractivity contribution in [3.8, 4) is 0 Å². The van der Waals surface area contributed by atoms with Crippen LogP contribution in [0.15, 0.2) is 42.6 Å². The SMILES string of the molecule is O=C(Nc1ccc(C(F)(F)F)cc1)N1C2CCC1CN(c1ncccc1Cl)C2. The van der Waals surface area contributed by atoms with Crippen LogP contribution in [0, 0.1) is 0 Å². The van der Waals surface area contributed by atoms with Crippen LogP contribution in [-0.2, 0) is 6.18 Å². The van der Waals surface area contributed by atoms with Crippen molar-refractivity contribution in [1.82, 2.24) is 9.88 Å². The van der Waals surface area contributed by atoms with E-state index in [0.29, 0.717) is 29.6 Å². The van der Waals surface area contributed by atoms with E-state index in [2.05, 4.69) is 15.2 Å². The number of rotatable bonds is 2. The molecule has 1 aromatic carbocycles. The Morgan fingerprint density at radius 1 is 1.11 bits per heavy atom. The fourth-order valence-corrected chi connectivity index (χ4v) is 4.19. The summed E-state index contributed by atoms with van der Waals surface area (Å²) in [4.78, 5) is 21.0. The van der Waals surface area contributed by atoms with Crippen molar-refractivity contribution in [2.75, 3.05) is 23.3 Å². The van der Waals surface area contributed by atoms with Crippen LogP contribution in [0.2, 0.25) is 5.02 Å². The second-order valence-electron chi connectivity index (χ2n) is 7.01. The van der Waals surface area contributed by atoms with Crippen molar-refractivity contribution in [2.24, 2.45) is 0 Å². The van der Waals surface area contributed by atoms with Crippen LogP contribution in [0.5, 0.6) is 0 Å². The highest BCUT2D eigenvalue weighted by Crippen LogP contribution is 2.35. The smallest absolute Gasteiger partial charge is 0.351 e. The largest absolute Gasteiger partial charge is 0.416 e. The van der Waals surface area contributed by atoms with Gasteiger partial charge in [0.1, 0.15) is 5.82 Å². The van der Waals surface area contributed by atoms with E-state index in [1.54, 1.807) is 23.2 Å². The molecule has 0 saturated carbocycles. The number of piperazine rings is 1. The fraction of sp³-hybridized carbons (Fsp3) is 0.368. The van der Waals surface area contributed by atoms with Crippen LogP contribution in [-0.4, -0.2) is 41.1 Å². The molecule has 2 aromatic rings. The minimum absolute atomic E-state index is 0.00581. The van der Waals surface area contributed by atoms with E-state index < -0.39 is 11.7 Å². The quantitative estimate of drug-likeness (QED) is 0.784. The number of hydrogen-bond acceptors (Lipinski definition) is 3. The molecule has 2 fully saturated rings. The van der Waals surface area contributed by atoms with Gasteiger partial charge < -0.3 is 15.1 Å². The number of urea groups is 1. The van der Waals surface area contributed by atoms with E-state index in [0.717, 1.165) is 25.0 Å². The molecule has 2 unspecified atom stereocenters. The van der Waals surface area contributed by atoms with Gasteiger partial charge in [0.05, 0.1) is 22.7 Å². The summed E-state index contributed by atoms with van der Waals surface area (Å²) in [5.74, 6) is 0.712. The van der Waals surface area contributed by atoms with Gasteiger partial charge in [0.15, 0.2) is 0 Å². The Bertz CT molecular complexity index is 860. The van der Waals surface area contributed by atoms with Crippen molar-refractivity contribution >= 4 is 29.1 Å². The molecular weight excluding hydrogens is 393 g/mol. The Hall–Kier alpha value is -2.48. The number of aromatic nitrogens is 1. The van der Waals surface area contributed by atoms with E-state index in [1.165, 1.54) is 12.1 Å². The molecule has 2 saturated heterocycles. The Balaban J connectivity index is 1.44. The van der Waals surface area contributed by atoms with E-state index >= 15 is 0 Å². The maximum Gasteiger partial charge on any atom is 0.416 e. The minimum atomic E-state index is -4.40.